The number of rotatable bonds is 25. The Labute approximate surface area is 255 Å². The van der Waals surface area contributed by atoms with Gasteiger partial charge in [0.15, 0.2) is 5.78 Å². The third-order valence-corrected chi connectivity index (χ3v) is 6.73. The minimum atomic E-state index is -0.589. The van der Waals surface area contributed by atoms with Crippen LogP contribution in [0.1, 0.15) is 43.2 Å². The normalized spacial score (nSPS) is 12.2. The summed E-state index contributed by atoms with van der Waals surface area (Å²) in [5.74, 6) is -0.0850. The summed E-state index contributed by atoms with van der Waals surface area (Å²) in [5, 5.41) is 2.57. The Hall–Kier alpha value is -2.86. The minimum Gasteiger partial charge on any atom is -0.449 e. The standard InChI is InChI=1S/C33H47NO9/c1-2-13-37-15-17-39-19-21-41-23-24-42-22-20-40-18-16-38-14-7-8-27(35)25-34-33(36)43-26-32-30-11-5-3-9-28(30)29-10-4-6-12-31(29)32/h3-6,9-12,32H,2,7-8,13-26H2,1H3,(H,34,36). The van der Waals surface area contributed by atoms with Gasteiger partial charge in [-0.3, -0.25) is 4.79 Å². The van der Waals surface area contributed by atoms with Gasteiger partial charge < -0.3 is 38.5 Å². The lowest BCUT2D eigenvalue weighted by Gasteiger charge is -2.14. The van der Waals surface area contributed by atoms with Gasteiger partial charge in [0.1, 0.15) is 6.61 Å². The highest BCUT2D eigenvalue weighted by molar-refractivity contribution is 5.84. The number of alkyl carbamates (subject to hydrolysis) is 1. The van der Waals surface area contributed by atoms with Crippen molar-refractivity contribution in [3.05, 3.63) is 59.7 Å². The van der Waals surface area contributed by atoms with E-state index in [9.17, 15) is 9.59 Å². The summed E-state index contributed by atoms with van der Waals surface area (Å²) < 4.78 is 38.1. The number of Topliss-reactive ketones (excluding diaryl/α,β-unsaturated/α-hetero) is 1. The Morgan fingerprint density at radius 1 is 0.628 bits per heavy atom. The van der Waals surface area contributed by atoms with Gasteiger partial charge in [0.05, 0.1) is 72.6 Å². The van der Waals surface area contributed by atoms with E-state index in [1.807, 2.05) is 24.3 Å². The molecule has 10 heteroatoms. The van der Waals surface area contributed by atoms with Gasteiger partial charge in [-0.2, -0.15) is 0 Å². The molecule has 1 aliphatic carbocycles. The molecule has 1 amide bonds. The van der Waals surface area contributed by atoms with Crippen LogP contribution in [0, 0.1) is 0 Å². The average Bonchev–Trinajstić information content (AvgIpc) is 3.35. The van der Waals surface area contributed by atoms with Crippen LogP contribution in [0.15, 0.2) is 48.5 Å². The van der Waals surface area contributed by atoms with Gasteiger partial charge in [0.2, 0.25) is 0 Å². The van der Waals surface area contributed by atoms with Crippen molar-refractivity contribution in [3.63, 3.8) is 0 Å². The van der Waals surface area contributed by atoms with E-state index in [2.05, 4.69) is 36.5 Å². The molecule has 0 aliphatic heterocycles. The van der Waals surface area contributed by atoms with Crippen molar-refractivity contribution in [3.8, 4) is 11.1 Å². The molecule has 1 N–H and O–H groups in total. The highest BCUT2D eigenvalue weighted by atomic mass is 16.6. The number of hydrogen-bond donors (Lipinski definition) is 1. The highest BCUT2D eigenvalue weighted by Crippen LogP contribution is 2.44. The third kappa shape index (κ3) is 13.5. The molecular weight excluding hydrogens is 554 g/mol. The van der Waals surface area contributed by atoms with Crippen LogP contribution in [0.25, 0.3) is 11.1 Å². The summed E-state index contributed by atoms with van der Waals surface area (Å²) >= 11 is 0. The Bertz CT molecular complexity index is 1020. The fourth-order valence-electron chi connectivity index (χ4n) is 4.63. The van der Waals surface area contributed by atoms with Crippen LogP contribution < -0.4 is 5.32 Å². The van der Waals surface area contributed by atoms with Gasteiger partial charge in [-0.1, -0.05) is 55.5 Å². The number of fused-ring (bicyclic) bond motifs is 3. The molecule has 0 atom stereocenters. The van der Waals surface area contributed by atoms with Crippen molar-refractivity contribution in [2.45, 2.75) is 32.1 Å². The Kier molecular flexibility index (Phi) is 17.5. The van der Waals surface area contributed by atoms with Gasteiger partial charge in [0, 0.05) is 25.6 Å². The molecular formula is C33H47NO9. The van der Waals surface area contributed by atoms with Crippen molar-refractivity contribution in [2.75, 3.05) is 92.4 Å². The lowest BCUT2D eigenvalue weighted by molar-refractivity contribution is -0.118. The zero-order valence-electron chi connectivity index (χ0n) is 25.4. The number of nitrogens with one attached hydrogen (secondary N) is 1. The maximum atomic E-state index is 12.2. The summed E-state index contributed by atoms with van der Waals surface area (Å²) in [5.41, 5.74) is 4.64. The SMILES string of the molecule is CCCOCCOCCOCCOCCOCCOCCCC(=O)CNC(=O)OCC1c2ccccc2-c2ccccc21. The quantitative estimate of drug-likeness (QED) is 0.166. The predicted octanol–water partition coefficient (Wildman–Crippen LogP) is 4.38. The number of amides is 1. The zero-order chi connectivity index (χ0) is 30.4. The number of ether oxygens (including phenoxy) is 7. The molecule has 2 aromatic carbocycles. The van der Waals surface area contributed by atoms with Crippen molar-refractivity contribution in [1.82, 2.24) is 5.32 Å². The molecule has 0 bridgehead atoms. The van der Waals surface area contributed by atoms with E-state index in [0.717, 1.165) is 24.2 Å². The number of ketones is 1. The summed E-state index contributed by atoms with van der Waals surface area (Å²) in [6, 6.07) is 16.3. The smallest absolute Gasteiger partial charge is 0.407 e. The van der Waals surface area contributed by atoms with Gasteiger partial charge in [0.25, 0.3) is 0 Å². The monoisotopic (exact) mass is 601 g/mol. The van der Waals surface area contributed by atoms with Gasteiger partial charge >= 0.3 is 6.09 Å². The lowest BCUT2D eigenvalue weighted by Crippen LogP contribution is -2.31. The molecule has 238 valence electrons. The Morgan fingerprint density at radius 2 is 1.07 bits per heavy atom. The maximum Gasteiger partial charge on any atom is 0.407 e. The topological polar surface area (TPSA) is 111 Å². The van der Waals surface area contributed by atoms with Crippen LogP contribution in [0.5, 0.6) is 0 Å². The summed E-state index contributed by atoms with van der Waals surface area (Å²) in [7, 11) is 0. The minimum absolute atomic E-state index is 0.0146. The first-order chi connectivity index (χ1) is 21.2. The molecule has 0 unspecified atom stereocenters. The molecule has 1 aliphatic rings. The number of benzene rings is 2. The molecule has 0 saturated heterocycles. The Morgan fingerprint density at radius 3 is 1.56 bits per heavy atom. The highest BCUT2D eigenvalue weighted by Gasteiger charge is 2.29. The molecule has 0 aromatic heterocycles. The second kappa shape index (κ2) is 21.8. The van der Waals surface area contributed by atoms with Crippen molar-refractivity contribution in [1.29, 1.82) is 0 Å². The van der Waals surface area contributed by atoms with Gasteiger partial charge in [-0.15, -0.1) is 0 Å². The molecule has 0 saturated carbocycles. The zero-order valence-corrected chi connectivity index (χ0v) is 25.4. The van der Waals surface area contributed by atoms with Crippen LogP contribution in [0.3, 0.4) is 0 Å². The number of carbonyl (C=O) groups excluding carboxylic acids is 2. The van der Waals surface area contributed by atoms with E-state index < -0.39 is 6.09 Å². The van der Waals surface area contributed by atoms with Crippen molar-refractivity contribution >= 4 is 11.9 Å². The average molecular weight is 602 g/mol. The van der Waals surface area contributed by atoms with Crippen LogP contribution in [0.2, 0.25) is 0 Å². The van der Waals surface area contributed by atoms with E-state index in [0.29, 0.717) is 85.5 Å². The first-order valence-corrected chi connectivity index (χ1v) is 15.3. The molecule has 43 heavy (non-hydrogen) atoms. The van der Waals surface area contributed by atoms with Crippen molar-refractivity contribution < 1.29 is 42.7 Å². The maximum absolute atomic E-state index is 12.2. The van der Waals surface area contributed by atoms with Crippen LogP contribution >= 0.6 is 0 Å². The summed E-state index contributed by atoms with van der Waals surface area (Å²) in [4.78, 5) is 24.4. The van der Waals surface area contributed by atoms with Crippen molar-refractivity contribution in [2.24, 2.45) is 0 Å². The first-order valence-electron chi connectivity index (χ1n) is 15.3. The van der Waals surface area contributed by atoms with E-state index in [1.165, 1.54) is 11.1 Å². The second-order valence-electron chi connectivity index (χ2n) is 10.00. The molecule has 10 nitrogen and oxygen atoms in total. The van der Waals surface area contributed by atoms with Gasteiger partial charge in [-0.25, -0.2) is 4.79 Å². The van der Waals surface area contributed by atoms with Crippen LogP contribution in [-0.4, -0.2) is 104 Å². The summed E-state index contributed by atoms with van der Waals surface area (Å²) in [6.07, 6.45) is 1.32. The second-order valence-corrected chi connectivity index (χ2v) is 10.00. The fourth-order valence-corrected chi connectivity index (χ4v) is 4.63. The number of carbonyl (C=O) groups is 2. The fraction of sp³-hybridized carbons (Fsp3) is 0.576. The predicted molar refractivity (Wildman–Crippen MR) is 163 cm³/mol. The molecule has 0 spiro atoms. The van der Waals surface area contributed by atoms with Crippen LogP contribution in [-0.2, 0) is 38.0 Å². The van der Waals surface area contributed by atoms with E-state index in [-0.39, 0.29) is 24.9 Å². The largest absolute Gasteiger partial charge is 0.449 e. The summed E-state index contributed by atoms with van der Waals surface area (Å²) in [6.45, 7) is 8.61. The van der Waals surface area contributed by atoms with E-state index in [4.69, 9.17) is 33.2 Å². The van der Waals surface area contributed by atoms with Gasteiger partial charge in [-0.05, 0) is 35.1 Å². The molecule has 0 heterocycles. The van der Waals surface area contributed by atoms with Crippen LogP contribution in [0.4, 0.5) is 4.79 Å². The first kappa shape index (κ1) is 34.6. The molecule has 0 radical (unpaired) electrons. The number of hydrogen-bond acceptors (Lipinski definition) is 9. The van der Waals surface area contributed by atoms with E-state index >= 15 is 0 Å². The lowest BCUT2D eigenvalue weighted by atomic mass is 9.98. The Balaban J connectivity index is 1.08. The molecule has 0 fully saturated rings. The molecule has 3 rings (SSSR count). The third-order valence-electron chi connectivity index (χ3n) is 6.73. The van der Waals surface area contributed by atoms with E-state index in [1.54, 1.807) is 0 Å². The molecule has 2 aromatic rings.